The number of nitrogens with zero attached hydrogens (tertiary/aromatic N) is 1. The van der Waals surface area contributed by atoms with Gasteiger partial charge in [-0.05, 0) is 40.5 Å². The normalized spacial score (nSPS) is 22.4. The van der Waals surface area contributed by atoms with Crippen LogP contribution in [0.4, 0.5) is 4.79 Å². The Bertz CT molecular complexity index is 363. The second-order valence-corrected chi connectivity index (χ2v) is 6.21. The lowest BCUT2D eigenvalue weighted by molar-refractivity contribution is -0.147. The molecule has 1 unspecified atom stereocenters. The molecule has 1 rings (SSSR count). The monoisotopic (exact) mass is 287 g/mol. The molecule has 1 aliphatic heterocycles. The highest BCUT2D eigenvalue weighted by Gasteiger charge is 2.41. The van der Waals surface area contributed by atoms with Crippen molar-refractivity contribution in [2.75, 3.05) is 13.7 Å². The molecule has 1 fully saturated rings. The summed E-state index contributed by atoms with van der Waals surface area (Å²) in [5.74, 6) is -1.60. The molecule has 0 aliphatic carbocycles. The first-order chi connectivity index (χ1) is 9.17. The fourth-order valence-corrected chi connectivity index (χ4v) is 2.52. The largest absolute Gasteiger partial charge is 0.481 e. The van der Waals surface area contributed by atoms with E-state index in [0.29, 0.717) is 6.54 Å². The summed E-state index contributed by atoms with van der Waals surface area (Å²) in [5, 5.41) is 9.14. The van der Waals surface area contributed by atoms with Crippen molar-refractivity contribution in [2.24, 2.45) is 5.92 Å². The van der Waals surface area contributed by atoms with Gasteiger partial charge in [0.2, 0.25) is 0 Å². The number of likely N-dealkylation sites (tertiary alicyclic amines) is 1. The second-order valence-electron chi connectivity index (χ2n) is 6.21. The average Bonchev–Trinajstić information content (AvgIpc) is 2.76. The molecule has 1 saturated heterocycles. The summed E-state index contributed by atoms with van der Waals surface area (Å²) < 4.78 is 10.7. The van der Waals surface area contributed by atoms with Crippen LogP contribution in [0.1, 0.15) is 40.5 Å². The zero-order chi connectivity index (χ0) is 15.5. The average molecular weight is 287 g/mol. The van der Waals surface area contributed by atoms with Crippen LogP contribution in [0.3, 0.4) is 0 Å². The predicted molar refractivity (Wildman–Crippen MR) is 73.6 cm³/mol. The number of aliphatic carboxylic acids is 1. The molecule has 0 aromatic rings. The smallest absolute Gasteiger partial charge is 0.410 e. The van der Waals surface area contributed by atoms with Crippen molar-refractivity contribution in [3.05, 3.63) is 0 Å². The molecule has 20 heavy (non-hydrogen) atoms. The molecule has 6 heteroatoms. The Labute approximate surface area is 120 Å². The number of amides is 1. The summed E-state index contributed by atoms with van der Waals surface area (Å²) in [6.07, 6.45) is 0.632. The molecule has 1 amide bonds. The number of carbonyl (C=O) groups excluding carboxylic acids is 1. The van der Waals surface area contributed by atoms with Crippen molar-refractivity contribution in [1.29, 1.82) is 0 Å². The number of carboxylic acid groups (broad SMARTS) is 1. The topological polar surface area (TPSA) is 76.1 Å². The standard InChI is InChI=1S/C14H25NO5/c1-9(12(16)17)11(19-5)10-7-6-8-15(10)13(18)20-14(2,3)4/h9-11H,6-8H2,1-5H3,(H,16,17)/t9?,10-,11+/m0/s1. The molecule has 3 atom stereocenters. The van der Waals surface area contributed by atoms with E-state index in [0.717, 1.165) is 12.8 Å². The number of carboxylic acids is 1. The Balaban J connectivity index is 2.82. The van der Waals surface area contributed by atoms with Crippen molar-refractivity contribution < 1.29 is 24.2 Å². The van der Waals surface area contributed by atoms with Crippen molar-refractivity contribution in [1.82, 2.24) is 4.90 Å². The van der Waals surface area contributed by atoms with Crippen LogP contribution in [0.15, 0.2) is 0 Å². The van der Waals surface area contributed by atoms with Gasteiger partial charge < -0.3 is 19.5 Å². The van der Waals surface area contributed by atoms with Gasteiger partial charge in [0, 0.05) is 13.7 Å². The first kappa shape index (κ1) is 16.8. The van der Waals surface area contributed by atoms with Gasteiger partial charge in [-0.3, -0.25) is 4.79 Å². The van der Waals surface area contributed by atoms with E-state index in [1.807, 2.05) is 20.8 Å². The number of ether oxygens (including phenoxy) is 2. The van der Waals surface area contributed by atoms with Crippen LogP contribution >= 0.6 is 0 Å². The number of hydrogen-bond acceptors (Lipinski definition) is 4. The highest BCUT2D eigenvalue weighted by Crippen LogP contribution is 2.27. The van der Waals surface area contributed by atoms with Crippen LogP contribution in [0.25, 0.3) is 0 Å². The van der Waals surface area contributed by atoms with Gasteiger partial charge in [-0.2, -0.15) is 0 Å². The summed E-state index contributed by atoms with van der Waals surface area (Å²) in [6.45, 7) is 7.60. The number of carbonyl (C=O) groups is 2. The molecule has 0 aromatic carbocycles. The van der Waals surface area contributed by atoms with E-state index >= 15 is 0 Å². The predicted octanol–water partition coefficient (Wildman–Crippen LogP) is 2.12. The van der Waals surface area contributed by atoms with E-state index in [2.05, 4.69) is 0 Å². The third-order valence-electron chi connectivity index (χ3n) is 3.46. The lowest BCUT2D eigenvalue weighted by atomic mass is 9.96. The molecule has 0 bridgehead atoms. The molecule has 1 heterocycles. The fourth-order valence-electron chi connectivity index (χ4n) is 2.52. The first-order valence-electron chi connectivity index (χ1n) is 6.92. The second kappa shape index (κ2) is 6.43. The first-order valence-corrected chi connectivity index (χ1v) is 6.92. The fraction of sp³-hybridized carbons (Fsp3) is 0.857. The van der Waals surface area contributed by atoms with Crippen LogP contribution in [0.5, 0.6) is 0 Å². The van der Waals surface area contributed by atoms with Crippen molar-refractivity contribution in [3.8, 4) is 0 Å². The van der Waals surface area contributed by atoms with Crippen LogP contribution in [0, 0.1) is 5.92 Å². The quantitative estimate of drug-likeness (QED) is 0.857. The third-order valence-corrected chi connectivity index (χ3v) is 3.46. The Hall–Kier alpha value is -1.30. The lowest BCUT2D eigenvalue weighted by Crippen LogP contribution is -2.49. The minimum atomic E-state index is -0.923. The molecule has 0 spiro atoms. The van der Waals surface area contributed by atoms with E-state index in [1.54, 1.807) is 11.8 Å². The third kappa shape index (κ3) is 4.10. The molecular weight excluding hydrogens is 262 g/mol. The Morgan fingerprint density at radius 3 is 2.40 bits per heavy atom. The summed E-state index contributed by atoms with van der Waals surface area (Å²) >= 11 is 0. The van der Waals surface area contributed by atoms with Gasteiger partial charge in [-0.1, -0.05) is 0 Å². The maximum atomic E-state index is 12.2. The van der Waals surface area contributed by atoms with Gasteiger partial charge in [-0.15, -0.1) is 0 Å². The SMILES string of the molecule is CO[C@H](C(C)C(=O)O)[C@@H]1CCCN1C(=O)OC(C)(C)C. The van der Waals surface area contributed by atoms with E-state index in [9.17, 15) is 9.59 Å². The summed E-state index contributed by atoms with van der Waals surface area (Å²) in [7, 11) is 1.48. The van der Waals surface area contributed by atoms with E-state index in [-0.39, 0.29) is 6.04 Å². The molecule has 1 aliphatic rings. The Morgan fingerprint density at radius 2 is 1.95 bits per heavy atom. The maximum absolute atomic E-state index is 12.2. The summed E-state index contributed by atoms with van der Waals surface area (Å²) in [6, 6.07) is -0.249. The molecule has 6 nitrogen and oxygen atoms in total. The Kier molecular flexibility index (Phi) is 5.39. The zero-order valence-electron chi connectivity index (χ0n) is 12.9. The van der Waals surface area contributed by atoms with Gasteiger partial charge in [-0.25, -0.2) is 4.79 Å². The van der Waals surface area contributed by atoms with Crippen molar-refractivity contribution in [2.45, 2.75) is 58.3 Å². The number of methoxy groups -OCH3 is 1. The number of hydrogen-bond donors (Lipinski definition) is 1. The summed E-state index contributed by atoms with van der Waals surface area (Å²) in [5.41, 5.74) is -0.564. The van der Waals surface area contributed by atoms with Gasteiger partial charge in [0.1, 0.15) is 5.60 Å². The van der Waals surface area contributed by atoms with Crippen LogP contribution in [-0.4, -0.2) is 53.5 Å². The minimum Gasteiger partial charge on any atom is -0.481 e. The maximum Gasteiger partial charge on any atom is 0.410 e. The van der Waals surface area contributed by atoms with E-state index < -0.39 is 29.7 Å². The van der Waals surface area contributed by atoms with Gasteiger partial charge >= 0.3 is 12.1 Å². The van der Waals surface area contributed by atoms with Crippen LogP contribution < -0.4 is 0 Å². The zero-order valence-corrected chi connectivity index (χ0v) is 12.9. The van der Waals surface area contributed by atoms with Crippen LogP contribution in [-0.2, 0) is 14.3 Å². The van der Waals surface area contributed by atoms with E-state index in [4.69, 9.17) is 14.6 Å². The minimum absolute atomic E-state index is 0.249. The molecule has 0 saturated carbocycles. The highest BCUT2D eigenvalue weighted by molar-refractivity contribution is 5.71. The molecule has 0 aromatic heterocycles. The Morgan fingerprint density at radius 1 is 1.35 bits per heavy atom. The lowest BCUT2D eigenvalue weighted by Gasteiger charge is -2.34. The van der Waals surface area contributed by atoms with Gasteiger partial charge in [0.15, 0.2) is 0 Å². The molecule has 0 radical (unpaired) electrons. The van der Waals surface area contributed by atoms with Crippen molar-refractivity contribution >= 4 is 12.1 Å². The van der Waals surface area contributed by atoms with Crippen molar-refractivity contribution in [3.63, 3.8) is 0 Å². The van der Waals surface area contributed by atoms with Gasteiger partial charge in [0.25, 0.3) is 0 Å². The van der Waals surface area contributed by atoms with Gasteiger partial charge in [0.05, 0.1) is 18.1 Å². The van der Waals surface area contributed by atoms with Crippen LogP contribution in [0.2, 0.25) is 0 Å². The highest BCUT2D eigenvalue weighted by atomic mass is 16.6. The molecule has 1 N–H and O–H groups in total. The molecular formula is C14H25NO5. The number of rotatable bonds is 4. The summed E-state index contributed by atoms with van der Waals surface area (Å²) in [4.78, 5) is 24.9. The van der Waals surface area contributed by atoms with E-state index in [1.165, 1.54) is 7.11 Å². The molecule has 116 valence electrons.